The van der Waals surface area contributed by atoms with Crippen LogP contribution in [0.15, 0.2) is 0 Å². The monoisotopic (exact) mass is 279 g/mol. The summed E-state index contributed by atoms with van der Waals surface area (Å²) in [7, 11) is 0. The van der Waals surface area contributed by atoms with Crippen LogP contribution in [0.4, 0.5) is 0 Å². The van der Waals surface area contributed by atoms with E-state index in [0.29, 0.717) is 0 Å². The Morgan fingerprint density at radius 1 is 0.850 bits per heavy atom. The maximum absolute atomic E-state index is 3.82. The molecule has 0 aromatic heterocycles. The SMILES string of the molecule is CCNC(CCC1CCCCC1)C1CCC(CC)CC1. The van der Waals surface area contributed by atoms with Crippen LogP contribution in [-0.4, -0.2) is 12.6 Å². The third-order valence-corrected chi connectivity index (χ3v) is 6.11. The molecule has 118 valence electrons. The van der Waals surface area contributed by atoms with E-state index in [1.165, 1.54) is 77.0 Å². The molecule has 2 saturated carbocycles. The molecule has 1 atom stereocenters. The molecule has 1 nitrogen and oxygen atoms in total. The lowest BCUT2D eigenvalue weighted by molar-refractivity contribution is 0.200. The zero-order valence-electron chi connectivity index (χ0n) is 14.0. The number of rotatable bonds is 7. The summed E-state index contributed by atoms with van der Waals surface area (Å²) >= 11 is 0. The van der Waals surface area contributed by atoms with Gasteiger partial charge in [0.15, 0.2) is 0 Å². The van der Waals surface area contributed by atoms with E-state index in [0.717, 1.165) is 30.3 Å². The van der Waals surface area contributed by atoms with Crippen molar-refractivity contribution in [3.8, 4) is 0 Å². The van der Waals surface area contributed by atoms with E-state index in [9.17, 15) is 0 Å². The molecule has 1 N–H and O–H groups in total. The standard InChI is InChI=1S/C19H37N/c1-3-16-10-13-18(14-11-16)19(20-4-2)15-12-17-8-6-5-7-9-17/h16-20H,3-15H2,1-2H3. The van der Waals surface area contributed by atoms with E-state index in [-0.39, 0.29) is 0 Å². The third kappa shape index (κ3) is 5.06. The van der Waals surface area contributed by atoms with Crippen molar-refractivity contribution in [2.24, 2.45) is 17.8 Å². The van der Waals surface area contributed by atoms with Crippen molar-refractivity contribution in [2.75, 3.05) is 6.54 Å². The molecule has 2 aliphatic rings. The van der Waals surface area contributed by atoms with Crippen LogP contribution in [0.3, 0.4) is 0 Å². The van der Waals surface area contributed by atoms with Crippen molar-refractivity contribution in [1.82, 2.24) is 5.32 Å². The van der Waals surface area contributed by atoms with Crippen molar-refractivity contribution in [2.45, 2.75) is 96.9 Å². The molecule has 1 unspecified atom stereocenters. The minimum absolute atomic E-state index is 0.819. The van der Waals surface area contributed by atoms with Gasteiger partial charge in [-0.2, -0.15) is 0 Å². The van der Waals surface area contributed by atoms with E-state index in [4.69, 9.17) is 0 Å². The van der Waals surface area contributed by atoms with Gasteiger partial charge in [-0.1, -0.05) is 65.2 Å². The average molecular weight is 280 g/mol. The lowest BCUT2D eigenvalue weighted by Gasteiger charge is -2.35. The summed E-state index contributed by atoms with van der Waals surface area (Å²) in [5.41, 5.74) is 0. The molecule has 0 spiro atoms. The first kappa shape index (κ1) is 16.3. The summed E-state index contributed by atoms with van der Waals surface area (Å²) in [4.78, 5) is 0. The molecule has 2 rings (SSSR count). The lowest BCUT2D eigenvalue weighted by Crippen LogP contribution is -2.38. The van der Waals surface area contributed by atoms with Gasteiger partial charge in [0.05, 0.1) is 0 Å². The summed E-state index contributed by atoms with van der Waals surface area (Å²) in [5, 5.41) is 3.82. The van der Waals surface area contributed by atoms with Gasteiger partial charge in [-0.15, -0.1) is 0 Å². The quantitative estimate of drug-likeness (QED) is 0.645. The highest BCUT2D eigenvalue weighted by molar-refractivity contribution is 4.82. The smallest absolute Gasteiger partial charge is 0.00953 e. The van der Waals surface area contributed by atoms with Crippen molar-refractivity contribution < 1.29 is 0 Å². The normalized spacial score (nSPS) is 30.3. The van der Waals surface area contributed by atoms with Gasteiger partial charge < -0.3 is 5.32 Å². The molecule has 0 aromatic carbocycles. The molecule has 0 saturated heterocycles. The Morgan fingerprint density at radius 3 is 2.15 bits per heavy atom. The van der Waals surface area contributed by atoms with Crippen LogP contribution in [0.25, 0.3) is 0 Å². The Morgan fingerprint density at radius 2 is 1.55 bits per heavy atom. The minimum Gasteiger partial charge on any atom is -0.314 e. The molecule has 20 heavy (non-hydrogen) atoms. The highest BCUT2D eigenvalue weighted by atomic mass is 14.9. The predicted molar refractivity (Wildman–Crippen MR) is 89.0 cm³/mol. The van der Waals surface area contributed by atoms with E-state index < -0.39 is 0 Å². The van der Waals surface area contributed by atoms with Crippen LogP contribution in [-0.2, 0) is 0 Å². The predicted octanol–water partition coefficient (Wildman–Crippen LogP) is 5.54. The average Bonchev–Trinajstić information content (AvgIpc) is 2.52. The van der Waals surface area contributed by atoms with Gasteiger partial charge in [-0.05, 0) is 50.0 Å². The Labute approximate surface area is 127 Å². The summed E-state index contributed by atoms with van der Waals surface area (Å²) in [6.45, 7) is 5.81. The second kappa shape index (κ2) is 9.07. The summed E-state index contributed by atoms with van der Waals surface area (Å²) < 4.78 is 0. The molecule has 0 amide bonds. The highest BCUT2D eigenvalue weighted by Crippen LogP contribution is 2.35. The number of hydrogen-bond acceptors (Lipinski definition) is 1. The molecule has 0 aliphatic heterocycles. The molecule has 2 fully saturated rings. The summed E-state index contributed by atoms with van der Waals surface area (Å²) in [5.74, 6) is 3.06. The van der Waals surface area contributed by atoms with Gasteiger partial charge >= 0.3 is 0 Å². The van der Waals surface area contributed by atoms with Crippen LogP contribution in [0, 0.1) is 17.8 Å². The molecular weight excluding hydrogens is 242 g/mol. The molecule has 0 bridgehead atoms. The van der Waals surface area contributed by atoms with Crippen LogP contribution in [0.1, 0.15) is 90.9 Å². The fourth-order valence-electron chi connectivity index (χ4n) is 4.66. The van der Waals surface area contributed by atoms with Crippen molar-refractivity contribution in [3.05, 3.63) is 0 Å². The van der Waals surface area contributed by atoms with Crippen LogP contribution < -0.4 is 5.32 Å². The molecule has 0 radical (unpaired) electrons. The fourth-order valence-corrected chi connectivity index (χ4v) is 4.66. The van der Waals surface area contributed by atoms with Crippen molar-refractivity contribution >= 4 is 0 Å². The Balaban J connectivity index is 1.74. The Hall–Kier alpha value is -0.0400. The van der Waals surface area contributed by atoms with E-state index in [2.05, 4.69) is 19.2 Å². The second-order valence-electron chi connectivity index (χ2n) is 7.43. The Kier molecular flexibility index (Phi) is 7.41. The second-order valence-corrected chi connectivity index (χ2v) is 7.43. The molecular formula is C19H37N. The zero-order chi connectivity index (χ0) is 14.2. The molecule has 1 heteroatoms. The van der Waals surface area contributed by atoms with E-state index in [1.807, 2.05) is 0 Å². The third-order valence-electron chi connectivity index (χ3n) is 6.11. The highest BCUT2D eigenvalue weighted by Gasteiger charge is 2.27. The van der Waals surface area contributed by atoms with E-state index in [1.54, 1.807) is 0 Å². The van der Waals surface area contributed by atoms with Gasteiger partial charge in [0, 0.05) is 6.04 Å². The number of nitrogens with one attached hydrogen (secondary N) is 1. The molecule has 0 heterocycles. The molecule has 2 aliphatic carbocycles. The zero-order valence-corrected chi connectivity index (χ0v) is 14.0. The summed E-state index contributed by atoms with van der Waals surface area (Å²) in [6.07, 6.45) is 17.8. The molecule has 0 aromatic rings. The first-order valence-electron chi connectivity index (χ1n) is 9.56. The van der Waals surface area contributed by atoms with Gasteiger partial charge in [0.2, 0.25) is 0 Å². The fraction of sp³-hybridized carbons (Fsp3) is 1.00. The maximum atomic E-state index is 3.82. The van der Waals surface area contributed by atoms with Gasteiger partial charge in [-0.25, -0.2) is 0 Å². The summed E-state index contributed by atoms with van der Waals surface area (Å²) in [6, 6.07) is 0.819. The minimum atomic E-state index is 0.819. The van der Waals surface area contributed by atoms with Crippen LogP contribution >= 0.6 is 0 Å². The van der Waals surface area contributed by atoms with Crippen LogP contribution in [0.2, 0.25) is 0 Å². The maximum Gasteiger partial charge on any atom is 0.00953 e. The van der Waals surface area contributed by atoms with E-state index >= 15 is 0 Å². The number of hydrogen-bond donors (Lipinski definition) is 1. The topological polar surface area (TPSA) is 12.0 Å². The van der Waals surface area contributed by atoms with Crippen molar-refractivity contribution in [3.63, 3.8) is 0 Å². The first-order chi connectivity index (χ1) is 9.83. The van der Waals surface area contributed by atoms with Crippen molar-refractivity contribution in [1.29, 1.82) is 0 Å². The van der Waals surface area contributed by atoms with Gasteiger partial charge in [-0.3, -0.25) is 0 Å². The van der Waals surface area contributed by atoms with Crippen LogP contribution in [0.5, 0.6) is 0 Å². The van der Waals surface area contributed by atoms with Gasteiger partial charge in [0.1, 0.15) is 0 Å². The van der Waals surface area contributed by atoms with Gasteiger partial charge in [0.25, 0.3) is 0 Å². The Bertz CT molecular complexity index is 236. The first-order valence-corrected chi connectivity index (χ1v) is 9.56. The lowest BCUT2D eigenvalue weighted by atomic mass is 9.75. The largest absolute Gasteiger partial charge is 0.314 e.